The summed E-state index contributed by atoms with van der Waals surface area (Å²) in [6, 6.07) is 0.630. The highest BCUT2D eigenvalue weighted by atomic mass is 35.5. The van der Waals surface area contributed by atoms with Crippen molar-refractivity contribution in [3.63, 3.8) is 0 Å². The fraction of sp³-hybridized carbons (Fsp3) is 0.882. The van der Waals surface area contributed by atoms with Crippen molar-refractivity contribution >= 4 is 37.1 Å². The highest BCUT2D eigenvalue weighted by Gasteiger charge is 2.30. The van der Waals surface area contributed by atoms with E-state index in [0.717, 1.165) is 52.1 Å². The Hall–Kier alpha value is -0.480. The number of aldehydes is 1. The summed E-state index contributed by atoms with van der Waals surface area (Å²) in [5.74, 6) is -0.594. The maximum atomic E-state index is 12.2. The zero-order valence-corrected chi connectivity index (χ0v) is 17.3. The van der Waals surface area contributed by atoms with E-state index in [9.17, 15) is 9.59 Å². The Kier molecular flexibility index (Phi) is 11.7. The van der Waals surface area contributed by atoms with E-state index < -0.39 is 12.1 Å². The summed E-state index contributed by atoms with van der Waals surface area (Å²) < 4.78 is 5.63. The number of piperidine rings is 2. The van der Waals surface area contributed by atoms with E-state index in [2.05, 4.69) is 15.5 Å². The van der Waals surface area contributed by atoms with Gasteiger partial charge >= 0.3 is 5.97 Å². The van der Waals surface area contributed by atoms with Gasteiger partial charge in [-0.2, -0.15) is 0 Å². The molecule has 0 aromatic rings. The second kappa shape index (κ2) is 12.9. The Labute approximate surface area is 173 Å². The number of ether oxygens (including phenoxy) is 1. The predicted molar refractivity (Wildman–Crippen MR) is 106 cm³/mol. The fourth-order valence-corrected chi connectivity index (χ4v) is 3.79. The van der Waals surface area contributed by atoms with Gasteiger partial charge < -0.3 is 20.2 Å². The molecular formula is C17H32Cl2N4O4. The van der Waals surface area contributed by atoms with E-state index in [4.69, 9.17) is 9.57 Å². The zero-order chi connectivity index (χ0) is 17.5. The summed E-state index contributed by atoms with van der Waals surface area (Å²) in [6.45, 7) is 6.98. The molecule has 3 heterocycles. The van der Waals surface area contributed by atoms with Gasteiger partial charge in [0.05, 0.1) is 6.10 Å². The molecule has 3 saturated heterocycles. The number of carbonyl (C=O) groups excluding carboxylic acids is 2. The fourth-order valence-electron chi connectivity index (χ4n) is 3.79. The normalized spacial score (nSPS) is 24.3. The molecule has 1 atom stereocenters. The second-order valence-electron chi connectivity index (χ2n) is 7.00. The van der Waals surface area contributed by atoms with E-state index >= 15 is 0 Å². The van der Waals surface area contributed by atoms with Crippen LogP contribution in [0.5, 0.6) is 0 Å². The lowest BCUT2D eigenvalue weighted by atomic mass is 10.0. The van der Waals surface area contributed by atoms with Crippen LogP contribution in [0.1, 0.15) is 25.7 Å². The summed E-state index contributed by atoms with van der Waals surface area (Å²) in [6.07, 6.45) is 3.36. The maximum Gasteiger partial charge on any atom is 0.361 e. The van der Waals surface area contributed by atoms with Gasteiger partial charge in [0.1, 0.15) is 0 Å². The van der Waals surface area contributed by atoms with E-state index in [-0.39, 0.29) is 30.9 Å². The van der Waals surface area contributed by atoms with Gasteiger partial charge in [-0.25, -0.2) is 4.79 Å². The summed E-state index contributed by atoms with van der Waals surface area (Å²) >= 11 is 0. The molecule has 0 spiro atoms. The van der Waals surface area contributed by atoms with E-state index in [1.54, 1.807) is 5.06 Å². The first-order valence-electron chi connectivity index (χ1n) is 9.49. The highest BCUT2D eigenvalue weighted by molar-refractivity contribution is 5.90. The summed E-state index contributed by atoms with van der Waals surface area (Å²) in [4.78, 5) is 31.4. The molecule has 0 aromatic heterocycles. The first kappa shape index (κ1) is 24.6. The molecule has 0 aliphatic carbocycles. The van der Waals surface area contributed by atoms with E-state index in [1.165, 1.54) is 12.8 Å². The molecule has 3 rings (SSSR count). The predicted octanol–water partition coefficient (Wildman–Crippen LogP) is -0.00610. The molecule has 8 nitrogen and oxygen atoms in total. The highest BCUT2D eigenvalue weighted by Crippen LogP contribution is 2.15. The number of halogens is 2. The SMILES string of the molecule is Cl.Cl.O=CC(OC1CCNCC1)C(=O)ON1CCN(C2CCNCC2)CC1. The van der Waals surface area contributed by atoms with Crippen molar-refractivity contribution < 1.29 is 19.2 Å². The largest absolute Gasteiger partial charge is 0.365 e. The Morgan fingerprint density at radius 3 is 2.04 bits per heavy atom. The number of hydrogen-bond acceptors (Lipinski definition) is 8. The Balaban J connectivity index is 0.00000182. The number of hydrogen-bond donors (Lipinski definition) is 2. The van der Waals surface area contributed by atoms with Gasteiger partial charge in [0.15, 0.2) is 6.29 Å². The topological polar surface area (TPSA) is 83.1 Å². The van der Waals surface area contributed by atoms with Crippen LogP contribution in [-0.2, 0) is 19.2 Å². The number of nitrogens with zero attached hydrogens (tertiary/aromatic N) is 2. The van der Waals surface area contributed by atoms with Crippen LogP contribution >= 0.6 is 24.8 Å². The van der Waals surface area contributed by atoms with Crippen LogP contribution in [-0.4, -0.2) is 92.8 Å². The van der Waals surface area contributed by atoms with Gasteiger partial charge in [-0.1, -0.05) is 0 Å². The quantitative estimate of drug-likeness (QED) is 0.453. The van der Waals surface area contributed by atoms with Crippen molar-refractivity contribution in [2.24, 2.45) is 0 Å². The van der Waals surface area contributed by atoms with Gasteiger partial charge in [0.25, 0.3) is 0 Å². The number of nitrogens with one attached hydrogen (secondary N) is 2. The molecule has 0 radical (unpaired) electrons. The third kappa shape index (κ3) is 7.45. The van der Waals surface area contributed by atoms with E-state index in [0.29, 0.717) is 25.4 Å². The van der Waals surface area contributed by atoms with Crippen molar-refractivity contribution in [3.05, 3.63) is 0 Å². The molecule has 3 fully saturated rings. The molecule has 0 amide bonds. The van der Waals surface area contributed by atoms with Crippen LogP contribution in [0, 0.1) is 0 Å². The molecule has 3 aliphatic heterocycles. The van der Waals surface area contributed by atoms with Crippen molar-refractivity contribution in [2.75, 3.05) is 52.4 Å². The third-order valence-electron chi connectivity index (χ3n) is 5.30. The second-order valence-corrected chi connectivity index (χ2v) is 7.00. The minimum Gasteiger partial charge on any atom is -0.365 e. The third-order valence-corrected chi connectivity index (χ3v) is 5.30. The molecule has 2 N–H and O–H groups in total. The first-order chi connectivity index (χ1) is 12.3. The summed E-state index contributed by atoms with van der Waals surface area (Å²) in [5, 5.41) is 8.28. The van der Waals surface area contributed by atoms with Crippen LogP contribution < -0.4 is 10.6 Å². The number of rotatable bonds is 6. The number of hydroxylamine groups is 2. The van der Waals surface area contributed by atoms with Crippen molar-refractivity contribution in [3.8, 4) is 0 Å². The summed E-state index contributed by atoms with van der Waals surface area (Å²) in [7, 11) is 0. The van der Waals surface area contributed by atoms with Gasteiger partial charge in [-0.15, -0.1) is 29.9 Å². The van der Waals surface area contributed by atoms with Crippen molar-refractivity contribution in [1.29, 1.82) is 0 Å². The zero-order valence-electron chi connectivity index (χ0n) is 15.6. The smallest absolute Gasteiger partial charge is 0.361 e. The van der Waals surface area contributed by atoms with Crippen molar-refractivity contribution in [1.82, 2.24) is 20.6 Å². The maximum absolute atomic E-state index is 12.2. The van der Waals surface area contributed by atoms with Gasteiger partial charge in [-0.3, -0.25) is 9.69 Å². The molecule has 27 heavy (non-hydrogen) atoms. The standard InChI is InChI=1S/C17H30N4O4.2ClH/c22-13-16(24-15-3-7-19-8-4-15)17(23)25-21-11-9-20(10-12-21)14-1-5-18-6-2-14;;/h13-16,18-19H,1-12H2;2*1H. The lowest BCUT2D eigenvalue weighted by Crippen LogP contribution is -2.53. The number of carbonyl (C=O) groups is 2. The van der Waals surface area contributed by atoms with Crippen LogP contribution in [0.25, 0.3) is 0 Å². The Morgan fingerprint density at radius 1 is 0.926 bits per heavy atom. The first-order valence-corrected chi connectivity index (χ1v) is 9.49. The molecule has 0 bridgehead atoms. The van der Waals surface area contributed by atoms with Gasteiger partial charge in [-0.05, 0) is 51.9 Å². The molecular weight excluding hydrogens is 395 g/mol. The van der Waals surface area contributed by atoms with Crippen LogP contribution in [0.2, 0.25) is 0 Å². The van der Waals surface area contributed by atoms with Crippen LogP contribution in [0.15, 0.2) is 0 Å². The average Bonchev–Trinajstić information content (AvgIpc) is 2.68. The minimum absolute atomic E-state index is 0. The Morgan fingerprint density at radius 2 is 1.48 bits per heavy atom. The molecule has 10 heteroatoms. The minimum atomic E-state index is -1.12. The molecule has 3 aliphatic rings. The summed E-state index contributed by atoms with van der Waals surface area (Å²) in [5.41, 5.74) is 0. The van der Waals surface area contributed by atoms with Gasteiger partial charge in [0, 0.05) is 32.2 Å². The van der Waals surface area contributed by atoms with Gasteiger partial charge in [0.2, 0.25) is 6.10 Å². The number of piperazine rings is 1. The lowest BCUT2D eigenvalue weighted by molar-refractivity contribution is -0.211. The lowest BCUT2D eigenvalue weighted by Gasteiger charge is -2.40. The van der Waals surface area contributed by atoms with E-state index in [1.807, 2.05) is 0 Å². The average molecular weight is 427 g/mol. The molecule has 0 aromatic carbocycles. The molecule has 1 unspecified atom stereocenters. The molecule has 158 valence electrons. The monoisotopic (exact) mass is 426 g/mol. The Bertz CT molecular complexity index is 441. The van der Waals surface area contributed by atoms with Crippen LogP contribution in [0.4, 0.5) is 0 Å². The van der Waals surface area contributed by atoms with Crippen molar-refractivity contribution in [2.45, 2.75) is 43.9 Å². The molecule has 0 saturated carbocycles. The van der Waals surface area contributed by atoms with Crippen LogP contribution in [0.3, 0.4) is 0 Å².